The van der Waals surface area contributed by atoms with E-state index in [0.29, 0.717) is 34.0 Å². The molecule has 4 aliphatic rings. The summed E-state index contributed by atoms with van der Waals surface area (Å²) < 4.78 is 1.76. The van der Waals surface area contributed by atoms with Gasteiger partial charge in [0.05, 0.1) is 10.5 Å². The summed E-state index contributed by atoms with van der Waals surface area (Å²) in [5, 5.41) is 19.5. The van der Waals surface area contributed by atoms with Crippen LogP contribution < -0.4 is 5.32 Å². The number of aromatic nitrogens is 2. The highest BCUT2D eigenvalue weighted by Gasteiger charge is 2.53. The number of anilines is 1. The van der Waals surface area contributed by atoms with Crippen molar-refractivity contribution in [3.05, 3.63) is 50.8 Å². The Bertz CT molecular complexity index is 980. The van der Waals surface area contributed by atoms with Crippen LogP contribution in [-0.4, -0.2) is 20.6 Å². The maximum atomic E-state index is 12.9. The third-order valence-electron chi connectivity index (χ3n) is 7.11. The van der Waals surface area contributed by atoms with Gasteiger partial charge in [-0.05, 0) is 80.9 Å². The van der Waals surface area contributed by atoms with Gasteiger partial charge in [0, 0.05) is 10.7 Å². The molecule has 0 saturated heterocycles. The number of nitrogens with zero attached hydrogens (tertiary/aromatic N) is 3. The lowest BCUT2D eigenvalue weighted by Crippen LogP contribution is -2.52. The van der Waals surface area contributed by atoms with Crippen LogP contribution in [-0.2, 0) is 5.54 Å². The number of halogens is 1. The van der Waals surface area contributed by atoms with Crippen LogP contribution in [0.5, 0.6) is 0 Å². The Hall–Kier alpha value is -2.41. The number of nitro groups is 1. The Morgan fingerprint density at radius 2 is 1.86 bits per heavy atom. The molecular weight excluding hydrogens is 392 g/mol. The molecule has 4 bridgehead atoms. The van der Waals surface area contributed by atoms with Crippen molar-refractivity contribution in [3.63, 3.8) is 0 Å². The summed E-state index contributed by atoms with van der Waals surface area (Å²) >= 11 is 6.13. The van der Waals surface area contributed by atoms with Gasteiger partial charge in [-0.25, -0.2) is 0 Å². The second kappa shape index (κ2) is 6.55. The number of amides is 1. The highest BCUT2D eigenvalue weighted by molar-refractivity contribution is 6.31. The van der Waals surface area contributed by atoms with Gasteiger partial charge in [0.15, 0.2) is 0 Å². The maximum Gasteiger partial charge on any atom is 0.320 e. The van der Waals surface area contributed by atoms with E-state index in [0.717, 1.165) is 19.3 Å². The topological polar surface area (TPSA) is 90.1 Å². The first-order valence-corrected chi connectivity index (χ1v) is 10.5. The minimum atomic E-state index is -0.578. The van der Waals surface area contributed by atoms with Crippen LogP contribution in [0.25, 0.3) is 0 Å². The minimum Gasteiger partial charge on any atom is -0.320 e. The molecule has 8 heteroatoms. The average Bonchev–Trinajstić information content (AvgIpc) is 3.11. The van der Waals surface area contributed by atoms with Crippen molar-refractivity contribution in [2.45, 2.75) is 51.0 Å². The predicted octanol–water partition coefficient (Wildman–Crippen LogP) is 4.93. The SMILES string of the molecule is Cc1c(Cl)cccc1NC(=O)c1nn(C23CC4CC(CC(C4)C2)C3)cc1[N+](=O)[O-]. The van der Waals surface area contributed by atoms with Gasteiger partial charge in [-0.15, -0.1) is 0 Å². The first-order valence-electron chi connectivity index (χ1n) is 10.2. The molecule has 0 radical (unpaired) electrons. The highest BCUT2D eigenvalue weighted by atomic mass is 35.5. The van der Waals surface area contributed by atoms with E-state index in [9.17, 15) is 14.9 Å². The van der Waals surface area contributed by atoms with E-state index in [1.54, 1.807) is 29.8 Å². The number of carbonyl (C=O) groups is 1. The molecule has 29 heavy (non-hydrogen) atoms. The second-order valence-electron chi connectivity index (χ2n) is 9.07. The molecule has 4 fully saturated rings. The smallest absolute Gasteiger partial charge is 0.320 e. The molecule has 1 aromatic heterocycles. The second-order valence-corrected chi connectivity index (χ2v) is 9.48. The Kier molecular flexibility index (Phi) is 4.21. The van der Waals surface area contributed by atoms with Crippen LogP contribution in [0.2, 0.25) is 5.02 Å². The van der Waals surface area contributed by atoms with Gasteiger partial charge >= 0.3 is 5.69 Å². The Balaban J connectivity index is 1.49. The normalized spacial score (nSPS) is 29.8. The van der Waals surface area contributed by atoms with Crippen molar-refractivity contribution in [1.82, 2.24) is 9.78 Å². The summed E-state index contributed by atoms with van der Waals surface area (Å²) in [6.07, 6.45) is 8.30. The summed E-state index contributed by atoms with van der Waals surface area (Å²) in [7, 11) is 0. The molecule has 4 saturated carbocycles. The van der Waals surface area contributed by atoms with Gasteiger partial charge in [-0.2, -0.15) is 5.10 Å². The molecule has 6 rings (SSSR count). The lowest BCUT2D eigenvalue weighted by atomic mass is 9.53. The third-order valence-corrected chi connectivity index (χ3v) is 7.52. The summed E-state index contributed by atoms with van der Waals surface area (Å²) in [6, 6.07) is 5.19. The molecule has 1 heterocycles. The van der Waals surface area contributed by atoms with Crippen LogP contribution in [0.3, 0.4) is 0 Å². The highest BCUT2D eigenvalue weighted by Crippen LogP contribution is 2.58. The molecule has 2 aromatic rings. The Labute approximate surface area is 173 Å². The monoisotopic (exact) mass is 414 g/mol. The van der Waals surface area contributed by atoms with Gasteiger partial charge in [0.2, 0.25) is 5.69 Å². The molecule has 0 spiro atoms. The van der Waals surface area contributed by atoms with E-state index >= 15 is 0 Å². The molecule has 1 N–H and O–H groups in total. The summed E-state index contributed by atoms with van der Waals surface area (Å²) in [5.41, 5.74) is 0.694. The zero-order chi connectivity index (χ0) is 20.3. The fourth-order valence-electron chi connectivity index (χ4n) is 6.17. The number of hydrogen-bond acceptors (Lipinski definition) is 4. The zero-order valence-electron chi connectivity index (χ0n) is 16.2. The van der Waals surface area contributed by atoms with Crippen LogP contribution in [0.1, 0.15) is 54.6 Å². The van der Waals surface area contributed by atoms with E-state index in [2.05, 4.69) is 10.4 Å². The van der Waals surface area contributed by atoms with E-state index in [4.69, 9.17) is 11.6 Å². The van der Waals surface area contributed by atoms with Gasteiger partial charge < -0.3 is 5.32 Å². The van der Waals surface area contributed by atoms with E-state index in [-0.39, 0.29) is 16.9 Å². The van der Waals surface area contributed by atoms with Crippen LogP contribution in [0.4, 0.5) is 11.4 Å². The van der Waals surface area contributed by atoms with Crippen LogP contribution in [0.15, 0.2) is 24.4 Å². The van der Waals surface area contributed by atoms with Crippen LogP contribution in [0, 0.1) is 34.8 Å². The summed E-state index contributed by atoms with van der Waals surface area (Å²) in [4.78, 5) is 24.1. The quantitative estimate of drug-likeness (QED) is 0.567. The van der Waals surface area contributed by atoms with Crippen molar-refractivity contribution in [1.29, 1.82) is 0 Å². The van der Waals surface area contributed by atoms with Gasteiger partial charge in [-0.3, -0.25) is 19.6 Å². The lowest BCUT2D eigenvalue weighted by molar-refractivity contribution is -0.385. The summed E-state index contributed by atoms with van der Waals surface area (Å²) in [5.74, 6) is 1.45. The van der Waals surface area contributed by atoms with Gasteiger partial charge in [-0.1, -0.05) is 17.7 Å². The number of nitrogens with one attached hydrogen (secondary N) is 1. The van der Waals surface area contributed by atoms with E-state index in [1.807, 2.05) is 0 Å². The fraction of sp³-hybridized carbons (Fsp3) is 0.524. The molecular formula is C21H23ClN4O3. The fourth-order valence-corrected chi connectivity index (χ4v) is 6.35. The third kappa shape index (κ3) is 3.03. The van der Waals surface area contributed by atoms with Gasteiger partial charge in [0.25, 0.3) is 5.91 Å². The molecule has 7 nitrogen and oxygen atoms in total. The predicted molar refractivity (Wildman–Crippen MR) is 109 cm³/mol. The zero-order valence-corrected chi connectivity index (χ0v) is 17.0. The lowest BCUT2D eigenvalue weighted by Gasteiger charge is -2.56. The maximum absolute atomic E-state index is 12.9. The van der Waals surface area contributed by atoms with E-state index < -0.39 is 10.8 Å². The van der Waals surface area contributed by atoms with Crippen LogP contribution >= 0.6 is 11.6 Å². The van der Waals surface area contributed by atoms with E-state index in [1.165, 1.54) is 25.5 Å². The Morgan fingerprint density at radius 3 is 2.45 bits per heavy atom. The van der Waals surface area contributed by atoms with Crippen molar-refractivity contribution in [2.75, 3.05) is 5.32 Å². The number of carbonyl (C=O) groups excluding carboxylic acids is 1. The number of rotatable bonds is 4. The van der Waals surface area contributed by atoms with Crippen molar-refractivity contribution >= 4 is 28.9 Å². The molecule has 0 aliphatic heterocycles. The molecule has 0 atom stereocenters. The number of benzene rings is 1. The summed E-state index contributed by atoms with van der Waals surface area (Å²) in [6.45, 7) is 1.79. The minimum absolute atomic E-state index is 0.134. The molecule has 1 amide bonds. The number of hydrogen-bond donors (Lipinski definition) is 1. The average molecular weight is 415 g/mol. The first kappa shape index (κ1) is 18.6. The molecule has 0 unspecified atom stereocenters. The standard InChI is InChI=1S/C21H23ClN4O3/c1-12-16(22)3-2-4-17(12)23-20(27)19-18(26(28)29)11-25(24-19)21-8-13-5-14(9-21)7-15(6-13)10-21/h2-4,11,13-15H,5-10H2,1H3,(H,23,27). The van der Waals surface area contributed by atoms with Gasteiger partial charge in [0.1, 0.15) is 6.20 Å². The first-order chi connectivity index (χ1) is 13.8. The molecule has 152 valence electrons. The van der Waals surface area contributed by atoms with Crippen molar-refractivity contribution in [2.24, 2.45) is 17.8 Å². The van der Waals surface area contributed by atoms with Crippen molar-refractivity contribution in [3.8, 4) is 0 Å². The molecule has 1 aromatic carbocycles. The largest absolute Gasteiger partial charge is 0.320 e. The van der Waals surface area contributed by atoms with Crippen molar-refractivity contribution < 1.29 is 9.72 Å². The molecule has 4 aliphatic carbocycles. The Morgan fingerprint density at radius 1 is 1.24 bits per heavy atom.